The third kappa shape index (κ3) is 3.27. The van der Waals surface area contributed by atoms with Gasteiger partial charge in [-0.15, -0.1) is 0 Å². The molecule has 1 atom stereocenters. The predicted molar refractivity (Wildman–Crippen MR) is 62.2 cm³/mol. The molecule has 0 radical (unpaired) electrons. The number of nitro groups is 1. The van der Waals surface area contributed by atoms with Crippen LogP contribution in [0.25, 0.3) is 0 Å². The average molecular weight is 223 g/mol. The van der Waals surface area contributed by atoms with Crippen molar-refractivity contribution in [2.45, 2.75) is 39.2 Å². The molecule has 1 heterocycles. The van der Waals surface area contributed by atoms with Gasteiger partial charge < -0.3 is 5.73 Å². The van der Waals surface area contributed by atoms with Crippen molar-refractivity contribution in [3.63, 3.8) is 0 Å². The molecule has 5 nitrogen and oxygen atoms in total. The zero-order chi connectivity index (χ0) is 12.1. The van der Waals surface area contributed by atoms with Crippen molar-refractivity contribution in [2.24, 2.45) is 5.73 Å². The van der Waals surface area contributed by atoms with Crippen LogP contribution in [0.2, 0.25) is 0 Å². The van der Waals surface area contributed by atoms with E-state index in [1.165, 1.54) is 0 Å². The number of hydrogen-bond donors (Lipinski definition) is 1. The zero-order valence-corrected chi connectivity index (χ0v) is 9.64. The van der Waals surface area contributed by atoms with Crippen molar-refractivity contribution >= 4 is 5.69 Å². The summed E-state index contributed by atoms with van der Waals surface area (Å²) in [6.07, 6.45) is 3.93. The number of pyridine rings is 1. The summed E-state index contributed by atoms with van der Waals surface area (Å²) in [6.45, 7) is 3.83. The van der Waals surface area contributed by atoms with E-state index in [0.29, 0.717) is 12.1 Å². The van der Waals surface area contributed by atoms with Crippen LogP contribution in [0.3, 0.4) is 0 Å². The largest absolute Gasteiger partial charge is 0.327 e. The second kappa shape index (κ2) is 5.55. The molecule has 88 valence electrons. The van der Waals surface area contributed by atoms with Crippen LogP contribution >= 0.6 is 0 Å². The molecular weight excluding hydrogens is 206 g/mol. The van der Waals surface area contributed by atoms with E-state index in [1.54, 1.807) is 19.2 Å². The molecule has 2 N–H and O–H groups in total. The maximum atomic E-state index is 10.8. The lowest BCUT2D eigenvalue weighted by molar-refractivity contribution is -0.386. The number of rotatable bonds is 5. The molecule has 0 spiro atoms. The first-order valence-electron chi connectivity index (χ1n) is 5.40. The fourth-order valence-electron chi connectivity index (χ4n) is 1.62. The molecule has 0 aromatic carbocycles. The monoisotopic (exact) mass is 223 g/mol. The van der Waals surface area contributed by atoms with Gasteiger partial charge in [0.2, 0.25) is 0 Å². The van der Waals surface area contributed by atoms with Gasteiger partial charge in [0.05, 0.1) is 4.92 Å². The van der Waals surface area contributed by atoms with Gasteiger partial charge in [-0.25, -0.2) is 0 Å². The van der Waals surface area contributed by atoms with Crippen LogP contribution in [0.15, 0.2) is 12.3 Å². The van der Waals surface area contributed by atoms with Crippen LogP contribution in [0, 0.1) is 17.0 Å². The molecule has 1 aromatic heterocycles. The number of nitrogens with zero attached hydrogens (tertiary/aromatic N) is 2. The van der Waals surface area contributed by atoms with E-state index in [0.717, 1.165) is 18.4 Å². The van der Waals surface area contributed by atoms with Gasteiger partial charge in [0.15, 0.2) is 0 Å². The summed E-state index contributed by atoms with van der Waals surface area (Å²) in [5.74, 6) is 0. The Kier molecular flexibility index (Phi) is 4.37. The smallest absolute Gasteiger partial charge is 0.291 e. The van der Waals surface area contributed by atoms with E-state index in [4.69, 9.17) is 5.73 Å². The quantitative estimate of drug-likeness (QED) is 0.611. The van der Waals surface area contributed by atoms with Gasteiger partial charge in [-0.1, -0.05) is 13.3 Å². The second-order valence-corrected chi connectivity index (χ2v) is 3.99. The van der Waals surface area contributed by atoms with E-state index in [9.17, 15) is 10.1 Å². The van der Waals surface area contributed by atoms with Crippen LogP contribution in [-0.4, -0.2) is 15.9 Å². The summed E-state index contributed by atoms with van der Waals surface area (Å²) in [7, 11) is 0. The Morgan fingerprint density at radius 1 is 1.62 bits per heavy atom. The topological polar surface area (TPSA) is 82.0 Å². The fraction of sp³-hybridized carbons (Fsp3) is 0.545. The summed E-state index contributed by atoms with van der Waals surface area (Å²) in [6, 6.07) is 1.49. The van der Waals surface area contributed by atoms with Gasteiger partial charge in [-0.05, 0) is 18.9 Å². The lowest BCUT2D eigenvalue weighted by Gasteiger charge is -2.09. The number of hydrogen-bond acceptors (Lipinski definition) is 4. The van der Waals surface area contributed by atoms with Crippen LogP contribution in [0.5, 0.6) is 0 Å². The SMILES string of the molecule is CCCC(N)Cc1ncc(C)cc1[N+](=O)[O-]. The molecule has 1 aromatic rings. The molecule has 1 unspecified atom stereocenters. The molecular formula is C11H17N3O2. The predicted octanol–water partition coefficient (Wildman–Crippen LogP) is 1.97. The standard InChI is InChI=1S/C11H17N3O2/c1-3-4-9(12)6-10-11(14(15)16)5-8(2)7-13-10/h5,7,9H,3-4,6,12H2,1-2H3. The lowest BCUT2D eigenvalue weighted by atomic mass is 10.1. The first kappa shape index (κ1) is 12.6. The van der Waals surface area contributed by atoms with E-state index in [1.807, 2.05) is 6.92 Å². The first-order chi connectivity index (χ1) is 7.54. The molecule has 5 heteroatoms. The molecule has 0 aliphatic carbocycles. The minimum Gasteiger partial charge on any atom is -0.327 e. The van der Waals surface area contributed by atoms with E-state index in [-0.39, 0.29) is 11.7 Å². The van der Waals surface area contributed by atoms with Crippen molar-refractivity contribution in [3.8, 4) is 0 Å². The maximum Gasteiger partial charge on any atom is 0.291 e. The highest BCUT2D eigenvalue weighted by Crippen LogP contribution is 2.19. The van der Waals surface area contributed by atoms with Gasteiger partial charge in [0, 0.05) is 24.7 Å². The Balaban J connectivity index is 2.90. The van der Waals surface area contributed by atoms with Gasteiger partial charge >= 0.3 is 0 Å². The van der Waals surface area contributed by atoms with Crippen molar-refractivity contribution in [3.05, 3.63) is 33.6 Å². The molecule has 0 aliphatic rings. The second-order valence-electron chi connectivity index (χ2n) is 3.99. The summed E-state index contributed by atoms with van der Waals surface area (Å²) in [5, 5.41) is 10.8. The molecule has 1 rings (SSSR count). The van der Waals surface area contributed by atoms with Gasteiger partial charge in [-0.2, -0.15) is 0 Å². The van der Waals surface area contributed by atoms with E-state index >= 15 is 0 Å². The summed E-state index contributed by atoms with van der Waals surface area (Å²) < 4.78 is 0. The summed E-state index contributed by atoms with van der Waals surface area (Å²) in [5.41, 5.74) is 7.21. The molecule has 0 saturated heterocycles. The Bertz CT molecular complexity index is 379. The highest BCUT2D eigenvalue weighted by atomic mass is 16.6. The van der Waals surface area contributed by atoms with Crippen molar-refractivity contribution in [1.82, 2.24) is 4.98 Å². The first-order valence-corrected chi connectivity index (χ1v) is 5.40. The van der Waals surface area contributed by atoms with Crippen LogP contribution in [0.1, 0.15) is 31.0 Å². The summed E-state index contributed by atoms with van der Waals surface area (Å²) >= 11 is 0. The average Bonchev–Trinajstić information content (AvgIpc) is 2.20. The Morgan fingerprint density at radius 3 is 2.88 bits per heavy atom. The number of nitrogens with two attached hydrogens (primary N) is 1. The van der Waals surface area contributed by atoms with Gasteiger partial charge in [-0.3, -0.25) is 15.1 Å². The lowest BCUT2D eigenvalue weighted by Crippen LogP contribution is -2.23. The number of aryl methyl sites for hydroxylation is 1. The van der Waals surface area contributed by atoms with Gasteiger partial charge in [0.25, 0.3) is 5.69 Å². The Labute approximate surface area is 94.8 Å². The van der Waals surface area contributed by atoms with Crippen molar-refractivity contribution in [2.75, 3.05) is 0 Å². The van der Waals surface area contributed by atoms with E-state index < -0.39 is 4.92 Å². The van der Waals surface area contributed by atoms with Crippen molar-refractivity contribution < 1.29 is 4.92 Å². The van der Waals surface area contributed by atoms with Crippen LogP contribution in [0.4, 0.5) is 5.69 Å². The number of aromatic nitrogens is 1. The fourth-order valence-corrected chi connectivity index (χ4v) is 1.62. The van der Waals surface area contributed by atoms with E-state index in [2.05, 4.69) is 4.98 Å². The molecule has 0 bridgehead atoms. The Morgan fingerprint density at radius 2 is 2.31 bits per heavy atom. The van der Waals surface area contributed by atoms with Crippen molar-refractivity contribution in [1.29, 1.82) is 0 Å². The zero-order valence-electron chi connectivity index (χ0n) is 9.64. The maximum absolute atomic E-state index is 10.8. The third-order valence-electron chi connectivity index (χ3n) is 2.40. The Hall–Kier alpha value is -1.49. The van der Waals surface area contributed by atoms with Crippen LogP contribution < -0.4 is 5.73 Å². The molecule has 0 fully saturated rings. The van der Waals surface area contributed by atoms with Crippen LogP contribution in [-0.2, 0) is 6.42 Å². The minimum absolute atomic E-state index is 0.0566. The highest BCUT2D eigenvalue weighted by Gasteiger charge is 2.17. The normalized spacial score (nSPS) is 12.4. The van der Waals surface area contributed by atoms with Gasteiger partial charge in [0.1, 0.15) is 5.69 Å². The summed E-state index contributed by atoms with van der Waals surface area (Å²) in [4.78, 5) is 14.5. The molecule has 16 heavy (non-hydrogen) atoms. The minimum atomic E-state index is -0.395. The molecule has 0 aliphatic heterocycles. The molecule has 0 saturated carbocycles. The molecule has 0 amide bonds. The third-order valence-corrected chi connectivity index (χ3v) is 2.40. The highest BCUT2D eigenvalue weighted by molar-refractivity contribution is 5.38.